The molecule has 0 saturated carbocycles. The van der Waals surface area contributed by atoms with E-state index in [4.69, 9.17) is 34.8 Å². The number of pyridine rings is 1. The van der Waals surface area contributed by atoms with E-state index in [-0.39, 0.29) is 11.7 Å². The van der Waals surface area contributed by atoms with Crippen molar-refractivity contribution in [2.24, 2.45) is 5.10 Å². The normalized spacial score (nSPS) is 11.3. The van der Waals surface area contributed by atoms with Crippen LogP contribution in [0.3, 0.4) is 0 Å². The third-order valence-corrected chi connectivity index (χ3v) is 5.86. The number of benzene rings is 2. The summed E-state index contributed by atoms with van der Waals surface area (Å²) in [6.07, 6.45) is 1.49. The summed E-state index contributed by atoms with van der Waals surface area (Å²) in [5.74, 6) is 0.530. The summed E-state index contributed by atoms with van der Waals surface area (Å²) in [4.78, 5) is 16.3. The molecule has 0 aliphatic heterocycles. The van der Waals surface area contributed by atoms with Gasteiger partial charge in [0, 0.05) is 26.7 Å². The van der Waals surface area contributed by atoms with Gasteiger partial charge in [0.05, 0.1) is 17.5 Å². The monoisotopic (exact) mass is 451 g/mol. The van der Waals surface area contributed by atoms with Crippen LogP contribution in [-0.4, -0.2) is 22.9 Å². The van der Waals surface area contributed by atoms with E-state index in [0.29, 0.717) is 26.5 Å². The van der Waals surface area contributed by atoms with Crippen molar-refractivity contribution < 1.29 is 4.79 Å². The highest BCUT2D eigenvalue weighted by molar-refractivity contribution is 7.99. The first-order valence-corrected chi connectivity index (χ1v) is 10.6. The zero-order valence-corrected chi connectivity index (χ0v) is 18.0. The summed E-state index contributed by atoms with van der Waals surface area (Å²) in [6, 6.07) is 13.2. The number of hydrazone groups is 1. The predicted octanol–water partition coefficient (Wildman–Crippen LogP) is 5.89. The van der Waals surface area contributed by atoms with Gasteiger partial charge in [-0.15, -0.1) is 11.8 Å². The highest BCUT2D eigenvalue weighted by Crippen LogP contribution is 2.28. The number of rotatable bonds is 6. The van der Waals surface area contributed by atoms with Crippen molar-refractivity contribution >= 4 is 69.6 Å². The Hall–Kier alpha value is -1.79. The molecular weight excluding hydrogens is 437 g/mol. The van der Waals surface area contributed by atoms with E-state index in [9.17, 15) is 4.79 Å². The Labute approximate surface area is 182 Å². The molecule has 0 bridgehead atoms. The molecule has 0 aliphatic carbocycles. The summed E-state index contributed by atoms with van der Waals surface area (Å²) >= 11 is 19.9. The maximum atomic E-state index is 12.0. The van der Waals surface area contributed by atoms with Crippen molar-refractivity contribution in [3.05, 3.63) is 74.4 Å². The number of carbonyl (C=O) groups is 1. The number of aromatic nitrogens is 1. The van der Waals surface area contributed by atoms with Gasteiger partial charge in [-0.3, -0.25) is 4.79 Å². The lowest BCUT2D eigenvalue weighted by atomic mass is 10.1. The molecular formula is C20H16Cl3N3OS. The number of hydrogen-bond donors (Lipinski definition) is 1. The molecule has 0 radical (unpaired) electrons. The zero-order valence-electron chi connectivity index (χ0n) is 14.9. The maximum absolute atomic E-state index is 12.0. The minimum Gasteiger partial charge on any atom is -0.272 e. The smallest absolute Gasteiger partial charge is 0.250 e. The van der Waals surface area contributed by atoms with Gasteiger partial charge in [0.2, 0.25) is 5.91 Å². The van der Waals surface area contributed by atoms with E-state index < -0.39 is 0 Å². The van der Waals surface area contributed by atoms with E-state index in [2.05, 4.69) is 15.5 Å². The minimum atomic E-state index is -0.232. The largest absolute Gasteiger partial charge is 0.272 e. The fourth-order valence-electron chi connectivity index (χ4n) is 2.48. The van der Waals surface area contributed by atoms with Crippen LogP contribution in [0.1, 0.15) is 16.7 Å². The molecule has 0 spiro atoms. The Balaban J connectivity index is 1.55. The summed E-state index contributed by atoms with van der Waals surface area (Å²) in [5.41, 5.74) is 5.87. The Kier molecular flexibility index (Phi) is 7.18. The second-order valence-corrected chi connectivity index (χ2v) is 8.21. The number of nitrogens with one attached hydrogen (secondary N) is 1. The molecule has 144 valence electrons. The number of halogens is 3. The van der Waals surface area contributed by atoms with Crippen molar-refractivity contribution in [2.45, 2.75) is 12.7 Å². The van der Waals surface area contributed by atoms with Crippen LogP contribution in [0.5, 0.6) is 0 Å². The zero-order chi connectivity index (χ0) is 20.1. The first-order chi connectivity index (χ1) is 13.4. The molecule has 2 aromatic carbocycles. The van der Waals surface area contributed by atoms with E-state index in [0.717, 1.165) is 22.0 Å². The predicted molar refractivity (Wildman–Crippen MR) is 120 cm³/mol. The number of carbonyl (C=O) groups excluding carboxylic acids is 1. The summed E-state index contributed by atoms with van der Waals surface area (Å²) in [7, 11) is 0. The average Bonchev–Trinajstić information content (AvgIpc) is 2.64. The lowest BCUT2D eigenvalue weighted by Gasteiger charge is -2.06. The molecule has 1 aromatic heterocycles. The van der Waals surface area contributed by atoms with Crippen LogP contribution < -0.4 is 5.43 Å². The van der Waals surface area contributed by atoms with Gasteiger partial charge in [-0.25, -0.2) is 10.4 Å². The van der Waals surface area contributed by atoms with Gasteiger partial charge in [0.15, 0.2) is 0 Å². The molecule has 1 N–H and O–H groups in total. The first kappa shape index (κ1) is 20.9. The van der Waals surface area contributed by atoms with E-state index in [1.54, 1.807) is 18.2 Å². The second-order valence-electron chi connectivity index (χ2n) is 6.05. The second kappa shape index (κ2) is 9.61. The lowest BCUT2D eigenvalue weighted by molar-refractivity contribution is -0.118. The van der Waals surface area contributed by atoms with E-state index in [1.807, 2.05) is 31.2 Å². The van der Waals surface area contributed by atoms with E-state index in [1.165, 1.54) is 18.0 Å². The Morgan fingerprint density at radius 3 is 2.68 bits per heavy atom. The molecule has 0 saturated heterocycles. The van der Waals surface area contributed by atoms with Gasteiger partial charge in [0.1, 0.15) is 5.15 Å². The number of amides is 1. The van der Waals surface area contributed by atoms with Crippen molar-refractivity contribution in [2.75, 3.05) is 5.75 Å². The lowest BCUT2D eigenvalue weighted by Crippen LogP contribution is -2.19. The molecule has 1 amide bonds. The van der Waals surface area contributed by atoms with Gasteiger partial charge < -0.3 is 0 Å². The molecule has 0 atom stereocenters. The number of fused-ring (bicyclic) bond motifs is 1. The van der Waals surface area contributed by atoms with E-state index >= 15 is 0 Å². The number of aryl methyl sites for hydroxylation is 1. The molecule has 28 heavy (non-hydrogen) atoms. The van der Waals surface area contributed by atoms with Crippen LogP contribution in [-0.2, 0) is 10.5 Å². The molecule has 0 aliphatic rings. The molecule has 1 heterocycles. The Morgan fingerprint density at radius 1 is 1.18 bits per heavy atom. The minimum absolute atomic E-state index is 0.224. The van der Waals surface area contributed by atoms with Crippen molar-refractivity contribution in [3.8, 4) is 0 Å². The number of hydrogen-bond acceptors (Lipinski definition) is 4. The highest BCUT2D eigenvalue weighted by Gasteiger charge is 2.08. The van der Waals surface area contributed by atoms with Crippen LogP contribution in [0.15, 0.2) is 47.6 Å². The topological polar surface area (TPSA) is 54.4 Å². The van der Waals surface area contributed by atoms with Crippen LogP contribution >= 0.6 is 46.6 Å². The molecule has 3 rings (SSSR count). The SMILES string of the molecule is Cc1ccc2cc(/C=N\NC(=O)CSCc3c(Cl)cccc3Cl)c(Cl)nc2c1. The maximum Gasteiger partial charge on any atom is 0.250 e. The van der Waals surface area contributed by atoms with Crippen LogP contribution in [0.25, 0.3) is 10.9 Å². The van der Waals surface area contributed by atoms with Crippen molar-refractivity contribution in [1.82, 2.24) is 10.4 Å². The van der Waals surface area contributed by atoms with Gasteiger partial charge in [-0.05, 0) is 42.3 Å². The highest BCUT2D eigenvalue weighted by atomic mass is 35.5. The quantitative estimate of drug-likeness (QED) is 0.288. The Bertz CT molecular complexity index is 1040. The Morgan fingerprint density at radius 2 is 1.93 bits per heavy atom. The van der Waals surface area contributed by atoms with Crippen LogP contribution in [0.4, 0.5) is 0 Å². The number of thioether (sulfide) groups is 1. The fourth-order valence-corrected chi connectivity index (χ4v) is 4.23. The average molecular weight is 453 g/mol. The standard InChI is InChI=1S/C20H16Cl3N3OS/c1-12-5-6-13-8-14(20(23)25-18(13)7-12)9-24-26-19(27)11-28-10-15-16(21)3-2-4-17(15)22/h2-9H,10-11H2,1H3,(H,26,27)/b24-9-. The number of nitrogens with zero attached hydrogens (tertiary/aromatic N) is 2. The van der Waals surface area contributed by atoms with Crippen molar-refractivity contribution in [3.63, 3.8) is 0 Å². The molecule has 0 fully saturated rings. The van der Waals surface area contributed by atoms with Crippen LogP contribution in [0.2, 0.25) is 15.2 Å². The summed E-state index contributed by atoms with van der Waals surface area (Å²) < 4.78 is 0. The molecule has 8 heteroatoms. The molecule has 3 aromatic rings. The summed E-state index contributed by atoms with van der Waals surface area (Å²) in [5, 5.41) is 6.44. The third-order valence-electron chi connectivity index (χ3n) is 3.89. The summed E-state index contributed by atoms with van der Waals surface area (Å²) in [6.45, 7) is 2.00. The third kappa shape index (κ3) is 5.39. The van der Waals surface area contributed by atoms with Crippen LogP contribution in [0, 0.1) is 6.92 Å². The van der Waals surface area contributed by atoms with Crippen molar-refractivity contribution in [1.29, 1.82) is 0 Å². The molecule has 0 unspecified atom stereocenters. The van der Waals surface area contributed by atoms with Gasteiger partial charge in [-0.1, -0.05) is 53.0 Å². The van der Waals surface area contributed by atoms with Gasteiger partial charge >= 0.3 is 0 Å². The fraction of sp³-hybridized carbons (Fsp3) is 0.150. The van der Waals surface area contributed by atoms with Gasteiger partial charge in [-0.2, -0.15) is 5.10 Å². The van der Waals surface area contributed by atoms with Gasteiger partial charge in [0.25, 0.3) is 0 Å². The first-order valence-electron chi connectivity index (χ1n) is 8.33. The molecule has 4 nitrogen and oxygen atoms in total.